The number of benzene rings is 1. The highest BCUT2D eigenvalue weighted by Gasteiger charge is 2.44. The number of hydrogen-bond acceptors (Lipinski definition) is 9. The lowest BCUT2D eigenvalue weighted by Crippen LogP contribution is -2.52. The highest BCUT2D eigenvalue weighted by atomic mass is 16.3. The van der Waals surface area contributed by atoms with Crippen LogP contribution in [0.25, 0.3) is 11.0 Å². The lowest BCUT2D eigenvalue weighted by molar-refractivity contribution is -0.139. The van der Waals surface area contributed by atoms with Gasteiger partial charge in [0.05, 0.1) is 41.4 Å². The minimum absolute atomic E-state index is 0.0189. The Morgan fingerprint density at radius 3 is 2.61 bits per heavy atom. The second-order valence-corrected chi connectivity index (χ2v) is 12.6. The van der Waals surface area contributed by atoms with Crippen molar-refractivity contribution in [3.8, 4) is 0 Å². The summed E-state index contributed by atoms with van der Waals surface area (Å²) in [6.45, 7) is 4.45. The van der Waals surface area contributed by atoms with Gasteiger partial charge < -0.3 is 26.0 Å². The highest BCUT2D eigenvalue weighted by Crippen LogP contribution is 2.33. The number of ketones is 1. The predicted octanol–water partition coefficient (Wildman–Crippen LogP) is 1.33. The van der Waals surface area contributed by atoms with Gasteiger partial charge in [0.1, 0.15) is 22.9 Å². The van der Waals surface area contributed by atoms with Crippen LogP contribution in [0.5, 0.6) is 0 Å². The molecule has 15 heteroatoms. The van der Waals surface area contributed by atoms with Gasteiger partial charge in [0, 0.05) is 13.0 Å². The van der Waals surface area contributed by atoms with Crippen LogP contribution in [0.15, 0.2) is 35.7 Å². The molecule has 15 nitrogen and oxygen atoms in total. The van der Waals surface area contributed by atoms with Crippen molar-refractivity contribution >= 4 is 46.2 Å². The average Bonchev–Trinajstić information content (AvgIpc) is 3.79. The zero-order valence-corrected chi connectivity index (χ0v) is 26.1. The number of nitrogens with one attached hydrogen (secondary N) is 2. The molecule has 46 heavy (non-hydrogen) atoms. The molecule has 2 aromatic heterocycles. The Kier molecular flexibility index (Phi) is 9.42. The summed E-state index contributed by atoms with van der Waals surface area (Å²) in [4.78, 5) is 78.3. The second-order valence-electron chi connectivity index (χ2n) is 12.6. The van der Waals surface area contributed by atoms with Crippen molar-refractivity contribution in [2.75, 3.05) is 6.54 Å². The summed E-state index contributed by atoms with van der Waals surface area (Å²) in [5.74, 6) is -3.98. The predicted molar refractivity (Wildman–Crippen MR) is 165 cm³/mol. The van der Waals surface area contributed by atoms with Crippen molar-refractivity contribution in [3.05, 3.63) is 42.0 Å². The molecule has 3 atom stereocenters. The van der Waals surface area contributed by atoms with E-state index < -0.39 is 53.1 Å². The molecule has 4 amide bonds. The third kappa shape index (κ3) is 6.88. The van der Waals surface area contributed by atoms with Crippen molar-refractivity contribution in [3.63, 3.8) is 0 Å². The van der Waals surface area contributed by atoms with Crippen molar-refractivity contribution in [2.24, 2.45) is 16.6 Å². The molecule has 1 aliphatic carbocycles. The van der Waals surface area contributed by atoms with E-state index in [0.29, 0.717) is 16.7 Å². The van der Waals surface area contributed by atoms with Crippen LogP contribution in [0.1, 0.15) is 87.8 Å². The number of imidazole rings is 1. The first-order valence-corrected chi connectivity index (χ1v) is 15.5. The van der Waals surface area contributed by atoms with Crippen LogP contribution >= 0.6 is 0 Å². The summed E-state index contributed by atoms with van der Waals surface area (Å²) in [5, 5.41) is 21.3. The van der Waals surface area contributed by atoms with Crippen LogP contribution in [0.2, 0.25) is 0 Å². The number of nitrogens with two attached hydrogens (primary N) is 1. The second kappa shape index (κ2) is 13.3. The number of hydrogen-bond donors (Lipinski definition) is 4. The van der Waals surface area contributed by atoms with Crippen molar-refractivity contribution in [2.45, 2.75) is 89.4 Å². The number of H-pyrrole nitrogens is 1. The van der Waals surface area contributed by atoms with E-state index >= 15 is 0 Å². The van der Waals surface area contributed by atoms with Gasteiger partial charge in [-0.2, -0.15) is 0 Å². The van der Waals surface area contributed by atoms with Gasteiger partial charge in [0.25, 0.3) is 17.7 Å². The molecule has 3 aromatic rings. The minimum Gasteiger partial charge on any atom is -0.384 e. The number of aliphatic hydroxyl groups is 1. The summed E-state index contributed by atoms with van der Waals surface area (Å²) in [6, 6.07) is 2.13. The number of para-hydroxylation sites is 1. The monoisotopic (exact) mass is 633 g/mol. The molecular weight excluding hydrogens is 594 g/mol. The molecule has 1 aromatic carbocycles. The molecule has 1 unspecified atom stereocenters. The van der Waals surface area contributed by atoms with E-state index in [-0.39, 0.29) is 36.6 Å². The molecule has 1 aliphatic heterocycles. The molecule has 1 saturated heterocycles. The SMILES string of the molecule is CC(NC(=O)[C@@H]1C[C@H](n2nncc2C(C)(C)O)CN1C(=O)C(CC1CCCCC1)=NC(=O)c1cccc2[nH]cnc12)C(=O)C(N)=O. The van der Waals surface area contributed by atoms with Gasteiger partial charge in [-0.05, 0) is 45.2 Å². The van der Waals surface area contributed by atoms with E-state index in [1.54, 1.807) is 32.0 Å². The fourth-order valence-corrected chi connectivity index (χ4v) is 6.34. The number of aromatic amines is 1. The Bertz CT molecular complexity index is 1680. The average molecular weight is 634 g/mol. The third-order valence-electron chi connectivity index (χ3n) is 8.76. The molecule has 2 aliphatic rings. The summed E-state index contributed by atoms with van der Waals surface area (Å²) in [5.41, 5.74) is 5.52. The molecule has 0 radical (unpaired) electrons. The molecule has 0 bridgehead atoms. The number of fused-ring (bicyclic) bond motifs is 1. The number of carbonyl (C=O) groups is 5. The lowest BCUT2D eigenvalue weighted by Gasteiger charge is -2.27. The van der Waals surface area contributed by atoms with Gasteiger partial charge in [-0.25, -0.2) is 14.7 Å². The maximum absolute atomic E-state index is 14.4. The van der Waals surface area contributed by atoms with Gasteiger partial charge in [-0.3, -0.25) is 24.0 Å². The molecule has 1 saturated carbocycles. The summed E-state index contributed by atoms with van der Waals surface area (Å²) in [6.07, 6.45) is 8.04. The number of carbonyl (C=O) groups excluding carboxylic acids is 5. The highest BCUT2D eigenvalue weighted by molar-refractivity contribution is 6.41. The van der Waals surface area contributed by atoms with Crippen LogP contribution in [0.3, 0.4) is 0 Å². The molecule has 5 N–H and O–H groups in total. The smallest absolute Gasteiger partial charge is 0.287 e. The Morgan fingerprint density at radius 1 is 1.17 bits per heavy atom. The Morgan fingerprint density at radius 2 is 1.91 bits per heavy atom. The van der Waals surface area contributed by atoms with Crippen LogP contribution in [0, 0.1) is 5.92 Å². The normalized spacial score (nSPS) is 20.1. The topological polar surface area (TPSA) is 219 Å². The zero-order chi connectivity index (χ0) is 33.2. The van der Waals surface area contributed by atoms with Crippen molar-refractivity contribution in [1.29, 1.82) is 0 Å². The number of likely N-dealkylation sites (tertiary alicyclic amines) is 1. The van der Waals surface area contributed by atoms with Crippen LogP contribution in [-0.2, 0) is 24.8 Å². The number of amides is 4. The van der Waals surface area contributed by atoms with E-state index in [9.17, 15) is 29.1 Å². The molecule has 3 heterocycles. The molecule has 244 valence electrons. The summed E-state index contributed by atoms with van der Waals surface area (Å²) in [7, 11) is 0. The van der Waals surface area contributed by atoms with Crippen LogP contribution < -0.4 is 11.1 Å². The quantitative estimate of drug-likeness (QED) is 0.187. The lowest BCUT2D eigenvalue weighted by atomic mass is 9.85. The summed E-state index contributed by atoms with van der Waals surface area (Å²) < 4.78 is 1.48. The maximum Gasteiger partial charge on any atom is 0.287 e. The molecule has 0 spiro atoms. The van der Waals surface area contributed by atoms with E-state index in [0.717, 1.165) is 32.1 Å². The Hall–Kier alpha value is -4.79. The largest absolute Gasteiger partial charge is 0.384 e. The Balaban J connectivity index is 1.51. The number of aliphatic imine (C=N–C) groups is 1. The maximum atomic E-state index is 14.4. The molecular formula is C31H39N9O6. The Labute approximate surface area is 265 Å². The van der Waals surface area contributed by atoms with Gasteiger partial charge in [0.2, 0.25) is 11.7 Å². The third-order valence-corrected chi connectivity index (χ3v) is 8.76. The van der Waals surface area contributed by atoms with E-state index in [4.69, 9.17) is 5.73 Å². The first-order chi connectivity index (χ1) is 21.8. The molecule has 2 fully saturated rings. The number of Topliss-reactive ketones (excluding diaryl/α,β-unsaturated/α-hetero) is 1. The van der Waals surface area contributed by atoms with Crippen molar-refractivity contribution < 1.29 is 29.1 Å². The zero-order valence-electron chi connectivity index (χ0n) is 26.1. The number of primary amides is 1. The van der Waals surface area contributed by atoms with Crippen LogP contribution in [-0.4, -0.2) is 88.7 Å². The summed E-state index contributed by atoms with van der Waals surface area (Å²) >= 11 is 0. The van der Waals surface area contributed by atoms with Crippen LogP contribution in [0.4, 0.5) is 0 Å². The van der Waals surface area contributed by atoms with E-state index in [1.807, 2.05) is 0 Å². The van der Waals surface area contributed by atoms with Gasteiger partial charge in [0.15, 0.2) is 0 Å². The number of rotatable bonds is 10. The number of aromatic nitrogens is 5. The van der Waals surface area contributed by atoms with Crippen molar-refractivity contribution in [1.82, 2.24) is 35.2 Å². The number of nitrogens with zero attached hydrogens (tertiary/aromatic N) is 6. The van der Waals surface area contributed by atoms with E-state index in [1.165, 1.54) is 29.0 Å². The minimum atomic E-state index is -1.32. The van der Waals surface area contributed by atoms with Gasteiger partial charge >= 0.3 is 0 Å². The molecule has 5 rings (SSSR count). The first-order valence-electron chi connectivity index (χ1n) is 15.5. The van der Waals surface area contributed by atoms with Gasteiger partial charge in [-0.15, -0.1) is 5.10 Å². The fraction of sp³-hybridized carbons (Fsp3) is 0.516. The fourth-order valence-electron chi connectivity index (χ4n) is 6.34. The van der Waals surface area contributed by atoms with E-state index in [2.05, 4.69) is 30.6 Å². The standard InChI is InChI=1S/C31H39N9O6/c1-17(26(41)27(32)42)36-29(44)23-13-19(40-24(14-35-38-40)31(2,3)46)15-39(23)30(45)22(12-18-8-5-4-6-9-18)37-28(43)20-10-7-11-21-25(20)34-16-33-21/h7,10-11,14,16-19,23,46H,4-6,8-9,12-13,15H2,1-3H3,(H2,32,42)(H,33,34)(H,36,44)/t17?,19-,23-/m0/s1. The van der Waals surface area contributed by atoms with Gasteiger partial charge in [-0.1, -0.05) is 43.4 Å². The first kappa shape index (κ1) is 32.6.